The minimum Gasteiger partial charge on any atom is -0.460 e. The van der Waals surface area contributed by atoms with E-state index < -0.39 is 22.0 Å². The summed E-state index contributed by atoms with van der Waals surface area (Å²) in [7, 11) is -0.890. The fraction of sp³-hybridized carbons (Fsp3) is 0.263. The minimum atomic E-state index is -3.70. The second-order valence-corrected chi connectivity index (χ2v) is 7.97. The Labute approximate surface area is 167 Å². The summed E-state index contributed by atoms with van der Waals surface area (Å²) in [6.45, 7) is 1.59. The molecule has 0 amide bonds. The highest BCUT2D eigenvalue weighted by Gasteiger charge is 2.24. The van der Waals surface area contributed by atoms with Gasteiger partial charge in [-0.25, -0.2) is 22.7 Å². The van der Waals surface area contributed by atoms with Crippen molar-refractivity contribution in [2.45, 2.75) is 18.4 Å². The van der Waals surface area contributed by atoms with Crippen molar-refractivity contribution in [1.29, 1.82) is 0 Å². The van der Waals surface area contributed by atoms with Crippen LogP contribution in [0.5, 0.6) is 0 Å². The molecule has 0 saturated heterocycles. The van der Waals surface area contributed by atoms with Gasteiger partial charge >= 0.3 is 11.9 Å². The Bertz CT molecular complexity index is 1170. The van der Waals surface area contributed by atoms with Crippen LogP contribution < -0.4 is 4.72 Å². The highest BCUT2D eigenvalue weighted by molar-refractivity contribution is 7.89. The highest BCUT2D eigenvalue weighted by Crippen LogP contribution is 2.27. The molecule has 0 aliphatic rings. The van der Waals surface area contributed by atoms with E-state index in [2.05, 4.69) is 4.72 Å². The molecule has 3 rings (SSSR count). The van der Waals surface area contributed by atoms with E-state index >= 15 is 0 Å². The molecule has 0 aliphatic carbocycles. The first-order valence-electron chi connectivity index (χ1n) is 8.73. The number of nitrogens with zero attached hydrogens (tertiary/aromatic N) is 1. The molecule has 2 heterocycles. The maximum absolute atomic E-state index is 12.5. The second kappa shape index (κ2) is 8.10. The summed E-state index contributed by atoms with van der Waals surface area (Å²) in [6.07, 6.45) is 1.31. The number of furan rings is 1. The van der Waals surface area contributed by atoms with E-state index in [-0.39, 0.29) is 29.6 Å². The van der Waals surface area contributed by atoms with Crippen molar-refractivity contribution >= 4 is 32.9 Å². The molecule has 0 spiro atoms. The van der Waals surface area contributed by atoms with Crippen LogP contribution in [0, 0.1) is 0 Å². The van der Waals surface area contributed by atoms with E-state index in [1.54, 1.807) is 31.2 Å². The molecule has 0 unspecified atom stereocenters. The van der Waals surface area contributed by atoms with Crippen molar-refractivity contribution in [2.75, 3.05) is 13.7 Å². The maximum Gasteiger partial charge on any atom is 0.374 e. The first-order valence-corrected chi connectivity index (χ1v) is 10.2. The highest BCUT2D eigenvalue weighted by atomic mass is 32.2. The molecule has 0 saturated carbocycles. The second-order valence-electron chi connectivity index (χ2n) is 6.08. The standard InChI is InChI=1S/C19H20N2O7S/c1-4-26-19(23)17-14(13-7-5-6-8-16(13)28-17)11-27-18(22)15-9-12(10-21(15)3)29(24,25)20-2/h5-10,20H,4,11H2,1-3H3. The van der Waals surface area contributed by atoms with Crippen LogP contribution >= 0.6 is 0 Å². The Kier molecular flexibility index (Phi) is 5.76. The number of ether oxygens (including phenoxy) is 2. The predicted molar refractivity (Wildman–Crippen MR) is 103 cm³/mol. The summed E-state index contributed by atoms with van der Waals surface area (Å²) < 4.78 is 43.3. The number of aromatic nitrogens is 1. The van der Waals surface area contributed by atoms with E-state index in [0.717, 1.165) is 0 Å². The summed E-state index contributed by atoms with van der Waals surface area (Å²) in [5.74, 6) is -1.44. The van der Waals surface area contributed by atoms with Crippen LogP contribution in [0.25, 0.3) is 11.0 Å². The Balaban J connectivity index is 1.88. The van der Waals surface area contributed by atoms with Crippen LogP contribution in [0.4, 0.5) is 0 Å². The molecule has 3 aromatic rings. The van der Waals surface area contributed by atoms with Gasteiger partial charge in [0.2, 0.25) is 15.8 Å². The molecule has 1 aromatic carbocycles. The van der Waals surface area contributed by atoms with Crippen molar-refractivity contribution in [3.63, 3.8) is 0 Å². The number of rotatable bonds is 7. The monoisotopic (exact) mass is 420 g/mol. The Morgan fingerprint density at radius 3 is 2.59 bits per heavy atom. The molecule has 29 heavy (non-hydrogen) atoms. The zero-order chi connectivity index (χ0) is 21.2. The van der Waals surface area contributed by atoms with E-state index in [9.17, 15) is 18.0 Å². The van der Waals surface area contributed by atoms with Crippen LogP contribution in [-0.4, -0.2) is 38.6 Å². The molecule has 0 aliphatic heterocycles. The van der Waals surface area contributed by atoms with Crippen LogP contribution in [0.2, 0.25) is 0 Å². The minimum absolute atomic E-state index is 0.0359. The van der Waals surface area contributed by atoms with E-state index in [1.807, 2.05) is 0 Å². The lowest BCUT2D eigenvalue weighted by molar-refractivity contribution is 0.0428. The molecule has 154 valence electrons. The summed E-state index contributed by atoms with van der Waals surface area (Å²) in [6, 6.07) is 8.17. The summed E-state index contributed by atoms with van der Waals surface area (Å²) >= 11 is 0. The molecule has 1 N–H and O–H groups in total. The smallest absolute Gasteiger partial charge is 0.374 e. The number of esters is 2. The van der Waals surface area contributed by atoms with Gasteiger partial charge in [0.25, 0.3) is 0 Å². The van der Waals surface area contributed by atoms with Gasteiger partial charge in [0, 0.05) is 18.6 Å². The molecule has 0 bridgehead atoms. The summed E-state index contributed by atoms with van der Waals surface area (Å²) in [5, 5.41) is 0.619. The Hall–Kier alpha value is -3.11. The number of benzene rings is 1. The van der Waals surface area contributed by atoms with Gasteiger partial charge in [0.1, 0.15) is 22.8 Å². The lowest BCUT2D eigenvalue weighted by Gasteiger charge is -2.06. The molecule has 9 nitrogen and oxygen atoms in total. The van der Waals surface area contributed by atoms with Crippen LogP contribution in [0.3, 0.4) is 0 Å². The Morgan fingerprint density at radius 2 is 1.90 bits per heavy atom. The molecule has 0 radical (unpaired) electrons. The van der Waals surface area contributed by atoms with Crippen LogP contribution in [-0.2, 0) is 33.2 Å². The zero-order valence-corrected chi connectivity index (χ0v) is 16.9. The van der Waals surface area contributed by atoms with Crippen LogP contribution in [0.15, 0.2) is 45.8 Å². The number of carbonyl (C=O) groups excluding carboxylic acids is 2. The molecule has 2 aromatic heterocycles. The van der Waals surface area contributed by atoms with Gasteiger partial charge in [0.15, 0.2) is 0 Å². The average molecular weight is 420 g/mol. The quantitative estimate of drug-likeness (QED) is 0.583. The number of sulfonamides is 1. The van der Waals surface area contributed by atoms with Gasteiger partial charge in [-0.15, -0.1) is 0 Å². The van der Waals surface area contributed by atoms with Crippen LogP contribution in [0.1, 0.15) is 33.5 Å². The number of hydrogen-bond donors (Lipinski definition) is 1. The third-order valence-electron chi connectivity index (χ3n) is 4.27. The third-order valence-corrected chi connectivity index (χ3v) is 5.66. The number of nitrogens with one attached hydrogen (secondary N) is 1. The normalized spacial score (nSPS) is 11.6. The van der Waals surface area contributed by atoms with Gasteiger partial charge in [-0.1, -0.05) is 18.2 Å². The fourth-order valence-corrected chi connectivity index (χ4v) is 3.62. The maximum atomic E-state index is 12.5. The fourth-order valence-electron chi connectivity index (χ4n) is 2.82. The van der Waals surface area contributed by atoms with Crippen molar-refractivity contribution < 1.29 is 31.9 Å². The van der Waals surface area contributed by atoms with Gasteiger partial charge in [-0.3, -0.25) is 0 Å². The van der Waals surface area contributed by atoms with E-state index in [1.165, 1.54) is 30.9 Å². The molecular weight excluding hydrogens is 400 g/mol. The number of aryl methyl sites for hydroxylation is 1. The summed E-state index contributed by atoms with van der Waals surface area (Å²) in [4.78, 5) is 24.7. The van der Waals surface area contributed by atoms with E-state index in [4.69, 9.17) is 13.9 Å². The number of fused-ring (bicyclic) bond motifs is 1. The van der Waals surface area contributed by atoms with Crippen molar-refractivity contribution in [1.82, 2.24) is 9.29 Å². The Morgan fingerprint density at radius 1 is 1.17 bits per heavy atom. The number of carbonyl (C=O) groups is 2. The largest absolute Gasteiger partial charge is 0.460 e. The van der Waals surface area contributed by atoms with Crippen molar-refractivity contribution in [3.05, 3.63) is 53.5 Å². The number of hydrogen-bond acceptors (Lipinski definition) is 7. The first kappa shape index (κ1) is 20.6. The van der Waals surface area contributed by atoms with Gasteiger partial charge < -0.3 is 18.5 Å². The molecule has 10 heteroatoms. The van der Waals surface area contributed by atoms with Gasteiger partial charge in [-0.2, -0.15) is 0 Å². The molecule has 0 atom stereocenters. The first-order chi connectivity index (χ1) is 13.8. The number of para-hydroxylation sites is 1. The molecule has 0 fully saturated rings. The lowest BCUT2D eigenvalue weighted by Crippen LogP contribution is -2.17. The molecular formula is C19H20N2O7S. The zero-order valence-electron chi connectivity index (χ0n) is 16.1. The SMILES string of the molecule is CCOC(=O)c1oc2ccccc2c1COC(=O)c1cc(S(=O)(=O)NC)cn1C. The lowest BCUT2D eigenvalue weighted by atomic mass is 10.1. The van der Waals surface area contributed by atoms with Gasteiger partial charge in [-0.05, 0) is 26.1 Å². The predicted octanol–water partition coefficient (Wildman–Crippen LogP) is 2.21. The van der Waals surface area contributed by atoms with E-state index in [0.29, 0.717) is 16.5 Å². The van der Waals surface area contributed by atoms with Gasteiger partial charge in [0.05, 0.1) is 12.2 Å². The third kappa shape index (κ3) is 4.03. The summed E-state index contributed by atoms with van der Waals surface area (Å²) in [5.41, 5.74) is 0.886. The van der Waals surface area contributed by atoms with Crippen molar-refractivity contribution in [2.24, 2.45) is 7.05 Å². The van der Waals surface area contributed by atoms with Crippen molar-refractivity contribution in [3.8, 4) is 0 Å². The topological polar surface area (TPSA) is 117 Å². The average Bonchev–Trinajstić information content (AvgIpc) is 3.27.